The van der Waals surface area contributed by atoms with Crippen LogP contribution in [0.25, 0.3) is 11.3 Å². The average molecular weight is 172 g/mol. The number of H-pyrrole nitrogens is 1. The maximum atomic E-state index is 4.16. The minimum Gasteiger partial charge on any atom is -0.285 e. The second-order valence-electron chi connectivity index (χ2n) is 3.21. The van der Waals surface area contributed by atoms with Crippen LogP contribution in [0.2, 0.25) is 0 Å². The van der Waals surface area contributed by atoms with Gasteiger partial charge in [-0.25, -0.2) is 0 Å². The van der Waals surface area contributed by atoms with Crippen molar-refractivity contribution in [2.75, 3.05) is 0 Å². The fourth-order valence-corrected chi connectivity index (χ4v) is 1.44. The van der Waals surface area contributed by atoms with E-state index in [4.69, 9.17) is 0 Å². The third kappa shape index (κ3) is 1.35. The van der Waals surface area contributed by atoms with E-state index in [1.165, 1.54) is 16.7 Å². The molecule has 2 aromatic rings. The lowest BCUT2D eigenvalue weighted by Gasteiger charge is -2.04. The Morgan fingerprint density at radius 1 is 1.15 bits per heavy atom. The molecule has 2 nitrogen and oxygen atoms in total. The second-order valence-corrected chi connectivity index (χ2v) is 3.21. The van der Waals surface area contributed by atoms with E-state index in [9.17, 15) is 0 Å². The van der Waals surface area contributed by atoms with Crippen LogP contribution in [0, 0.1) is 13.8 Å². The van der Waals surface area contributed by atoms with Crippen LogP contribution in [-0.2, 0) is 0 Å². The summed E-state index contributed by atoms with van der Waals surface area (Å²) in [5.41, 5.74) is 4.83. The minimum atomic E-state index is 1.02. The summed E-state index contributed by atoms with van der Waals surface area (Å²) >= 11 is 0. The molecule has 2 heteroatoms. The Morgan fingerprint density at radius 3 is 2.69 bits per heavy atom. The summed E-state index contributed by atoms with van der Waals surface area (Å²) in [7, 11) is 0. The number of hydrogen-bond donors (Lipinski definition) is 1. The molecular formula is C11H12N2. The summed E-state index contributed by atoms with van der Waals surface area (Å²) < 4.78 is 0. The summed E-state index contributed by atoms with van der Waals surface area (Å²) in [6.07, 6.45) is 1.84. The van der Waals surface area contributed by atoms with Crippen LogP contribution in [0.15, 0.2) is 30.5 Å². The number of nitrogens with zero attached hydrogens (tertiary/aromatic N) is 1. The molecule has 0 unspecified atom stereocenters. The van der Waals surface area contributed by atoms with E-state index < -0.39 is 0 Å². The highest BCUT2D eigenvalue weighted by molar-refractivity contribution is 5.64. The molecule has 0 bridgehead atoms. The van der Waals surface area contributed by atoms with Gasteiger partial charge < -0.3 is 0 Å². The molecule has 0 saturated carbocycles. The Bertz CT molecular complexity index is 402. The first kappa shape index (κ1) is 8.05. The Morgan fingerprint density at radius 2 is 2.00 bits per heavy atom. The van der Waals surface area contributed by atoms with Crippen LogP contribution in [-0.4, -0.2) is 10.2 Å². The summed E-state index contributed by atoms with van der Waals surface area (Å²) in [5.74, 6) is 0. The summed E-state index contributed by atoms with van der Waals surface area (Å²) in [6, 6.07) is 8.26. The van der Waals surface area contributed by atoms with Crippen LogP contribution in [0.5, 0.6) is 0 Å². The predicted molar refractivity (Wildman–Crippen MR) is 53.5 cm³/mol. The van der Waals surface area contributed by atoms with Gasteiger partial charge in [0, 0.05) is 11.8 Å². The Balaban J connectivity index is 2.59. The lowest BCUT2D eigenvalue weighted by atomic mass is 10.0. The highest BCUT2D eigenvalue weighted by Crippen LogP contribution is 2.22. The van der Waals surface area contributed by atoms with Crippen LogP contribution in [0.3, 0.4) is 0 Å². The molecule has 1 aromatic carbocycles. The number of aryl methyl sites for hydroxylation is 1. The van der Waals surface area contributed by atoms with E-state index in [0.717, 1.165) is 5.69 Å². The van der Waals surface area contributed by atoms with Gasteiger partial charge in [-0.3, -0.25) is 5.10 Å². The number of hydrogen-bond acceptors (Lipinski definition) is 1. The molecular weight excluding hydrogens is 160 g/mol. The standard InChI is InChI=1S/C11H12N2/c1-8-4-3-5-10(9(8)2)11-6-7-12-13-11/h3-7H,1-2H3,(H,12,13). The van der Waals surface area contributed by atoms with Gasteiger partial charge in [0.15, 0.2) is 0 Å². The van der Waals surface area contributed by atoms with Gasteiger partial charge in [-0.2, -0.15) is 5.10 Å². The molecule has 0 aliphatic rings. The maximum absolute atomic E-state index is 4.16. The minimum absolute atomic E-state index is 1.02. The van der Waals surface area contributed by atoms with Crippen molar-refractivity contribution in [3.63, 3.8) is 0 Å². The summed E-state index contributed by atoms with van der Waals surface area (Å²) in [4.78, 5) is 0. The lowest BCUT2D eigenvalue weighted by molar-refractivity contribution is 1.09. The van der Waals surface area contributed by atoms with Crippen molar-refractivity contribution < 1.29 is 0 Å². The first-order chi connectivity index (χ1) is 6.29. The zero-order valence-electron chi connectivity index (χ0n) is 7.83. The Labute approximate surface area is 77.6 Å². The quantitative estimate of drug-likeness (QED) is 0.704. The smallest absolute Gasteiger partial charge is 0.0923 e. The van der Waals surface area contributed by atoms with Gasteiger partial charge in [0.25, 0.3) is 0 Å². The first-order valence-corrected chi connectivity index (χ1v) is 4.35. The SMILES string of the molecule is Cc1cccc(-c2cc[nH]n2)c1C. The molecule has 0 saturated heterocycles. The molecule has 0 radical (unpaired) electrons. The van der Waals surface area contributed by atoms with E-state index in [1.807, 2.05) is 12.3 Å². The number of aromatic nitrogens is 2. The average Bonchev–Trinajstić information content (AvgIpc) is 2.62. The summed E-state index contributed by atoms with van der Waals surface area (Å²) in [5, 5.41) is 6.99. The van der Waals surface area contributed by atoms with Crippen molar-refractivity contribution >= 4 is 0 Å². The van der Waals surface area contributed by atoms with Gasteiger partial charge >= 0.3 is 0 Å². The molecule has 0 spiro atoms. The van der Waals surface area contributed by atoms with Gasteiger partial charge in [-0.1, -0.05) is 18.2 Å². The highest BCUT2D eigenvalue weighted by Gasteiger charge is 2.04. The van der Waals surface area contributed by atoms with Crippen molar-refractivity contribution in [3.05, 3.63) is 41.6 Å². The highest BCUT2D eigenvalue weighted by atomic mass is 15.1. The van der Waals surface area contributed by atoms with Gasteiger partial charge in [0.05, 0.1) is 5.69 Å². The van der Waals surface area contributed by atoms with Crippen LogP contribution >= 0.6 is 0 Å². The molecule has 0 atom stereocenters. The molecule has 1 N–H and O–H groups in total. The zero-order chi connectivity index (χ0) is 9.26. The molecule has 1 aromatic heterocycles. The zero-order valence-corrected chi connectivity index (χ0v) is 7.83. The molecule has 0 aliphatic carbocycles. The molecule has 13 heavy (non-hydrogen) atoms. The monoisotopic (exact) mass is 172 g/mol. The maximum Gasteiger partial charge on any atom is 0.0923 e. The molecule has 1 heterocycles. The van der Waals surface area contributed by atoms with E-state index in [2.05, 4.69) is 42.2 Å². The molecule has 0 fully saturated rings. The fraction of sp³-hybridized carbons (Fsp3) is 0.182. The van der Waals surface area contributed by atoms with Crippen molar-refractivity contribution in [1.82, 2.24) is 10.2 Å². The Hall–Kier alpha value is -1.57. The van der Waals surface area contributed by atoms with Gasteiger partial charge in [-0.05, 0) is 31.0 Å². The van der Waals surface area contributed by atoms with E-state index >= 15 is 0 Å². The van der Waals surface area contributed by atoms with Crippen molar-refractivity contribution in [1.29, 1.82) is 0 Å². The summed E-state index contributed by atoms with van der Waals surface area (Å²) in [6.45, 7) is 4.24. The third-order valence-electron chi connectivity index (χ3n) is 2.38. The van der Waals surface area contributed by atoms with E-state index in [0.29, 0.717) is 0 Å². The largest absolute Gasteiger partial charge is 0.285 e. The number of nitrogens with one attached hydrogen (secondary N) is 1. The number of benzene rings is 1. The van der Waals surface area contributed by atoms with Crippen molar-refractivity contribution in [2.24, 2.45) is 0 Å². The van der Waals surface area contributed by atoms with Crippen LogP contribution in [0.1, 0.15) is 11.1 Å². The predicted octanol–water partition coefficient (Wildman–Crippen LogP) is 2.69. The van der Waals surface area contributed by atoms with Crippen molar-refractivity contribution in [2.45, 2.75) is 13.8 Å². The van der Waals surface area contributed by atoms with Crippen LogP contribution < -0.4 is 0 Å². The van der Waals surface area contributed by atoms with Gasteiger partial charge in [0.1, 0.15) is 0 Å². The number of aromatic amines is 1. The fourth-order valence-electron chi connectivity index (χ4n) is 1.44. The first-order valence-electron chi connectivity index (χ1n) is 4.35. The molecule has 0 amide bonds. The van der Waals surface area contributed by atoms with Crippen molar-refractivity contribution in [3.8, 4) is 11.3 Å². The number of rotatable bonds is 1. The Kier molecular flexibility index (Phi) is 1.89. The molecule has 2 rings (SSSR count). The molecule has 0 aliphatic heterocycles. The van der Waals surface area contributed by atoms with E-state index in [-0.39, 0.29) is 0 Å². The lowest BCUT2D eigenvalue weighted by Crippen LogP contribution is -1.86. The second kappa shape index (κ2) is 3.05. The molecule has 66 valence electrons. The van der Waals surface area contributed by atoms with Crippen LogP contribution in [0.4, 0.5) is 0 Å². The third-order valence-corrected chi connectivity index (χ3v) is 2.38. The normalized spacial score (nSPS) is 10.3. The van der Waals surface area contributed by atoms with Gasteiger partial charge in [-0.15, -0.1) is 0 Å². The van der Waals surface area contributed by atoms with E-state index in [1.54, 1.807) is 0 Å². The van der Waals surface area contributed by atoms with Gasteiger partial charge in [0.2, 0.25) is 0 Å². The topological polar surface area (TPSA) is 28.7 Å².